The molecule has 0 saturated heterocycles. The van der Waals surface area contributed by atoms with Crippen molar-refractivity contribution < 1.29 is 8.78 Å². The van der Waals surface area contributed by atoms with Gasteiger partial charge >= 0.3 is 11.6 Å². The molecule has 0 unspecified atom stereocenters. The zero-order valence-corrected chi connectivity index (χ0v) is 19.0. The van der Waals surface area contributed by atoms with E-state index in [9.17, 15) is 13.6 Å². The Morgan fingerprint density at radius 2 is 1.91 bits per heavy atom. The lowest BCUT2D eigenvalue weighted by molar-refractivity contribution is 0.0475. The van der Waals surface area contributed by atoms with Gasteiger partial charge in [-0.15, -0.1) is 6.42 Å². The van der Waals surface area contributed by atoms with Crippen LogP contribution in [-0.4, -0.2) is 24.1 Å². The molecule has 172 valence electrons. The molecular weight excluding hydrogens is 448 g/mol. The number of aromatic nitrogens is 5. The monoisotopic (exact) mass is 467 g/mol. The number of alkyl halides is 2. The lowest BCUT2D eigenvalue weighted by atomic mass is 10.0. The molecule has 6 nitrogen and oxygen atoms in total. The Bertz CT molecular complexity index is 1760. The van der Waals surface area contributed by atoms with Gasteiger partial charge in [0.05, 0.1) is 34.1 Å². The molecular formula is C27H19F2N5O. The number of rotatable bonds is 4. The van der Waals surface area contributed by atoms with Crippen LogP contribution in [0.15, 0.2) is 72.4 Å². The number of terminal acetylenes is 1. The van der Waals surface area contributed by atoms with E-state index < -0.39 is 11.6 Å². The van der Waals surface area contributed by atoms with Crippen LogP contribution in [0.3, 0.4) is 0 Å². The standard InChI is InChI=1S/C27H19F2N5O/c1-5-17-11-19(14-30-13-17)18-7-8-21-20(12-18)25-23(15-31-21)33(4)26(35)34(25)22-9-10-24(32-16(22)3)27(28,29)6-2/h1,6-15H,2H2,3-4H3. The van der Waals surface area contributed by atoms with E-state index in [2.05, 4.69) is 27.5 Å². The first kappa shape index (κ1) is 22.2. The summed E-state index contributed by atoms with van der Waals surface area (Å²) in [6, 6.07) is 10.2. The van der Waals surface area contributed by atoms with Crippen LogP contribution in [0, 0.1) is 19.3 Å². The van der Waals surface area contributed by atoms with Crippen molar-refractivity contribution in [3.8, 4) is 29.2 Å². The molecule has 35 heavy (non-hydrogen) atoms. The van der Waals surface area contributed by atoms with Gasteiger partial charge in [-0.25, -0.2) is 9.78 Å². The topological polar surface area (TPSA) is 65.6 Å². The number of pyridine rings is 3. The molecule has 0 aliphatic carbocycles. The summed E-state index contributed by atoms with van der Waals surface area (Å²) in [4.78, 5) is 26.1. The number of hydrogen-bond donors (Lipinski definition) is 0. The maximum Gasteiger partial charge on any atom is 0.333 e. The number of nitrogens with zero attached hydrogens (tertiary/aromatic N) is 5. The quantitative estimate of drug-likeness (QED) is 0.279. The van der Waals surface area contributed by atoms with Crippen LogP contribution in [0.25, 0.3) is 38.8 Å². The maximum atomic E-state index is 14.1. The van der Waals surface area contributed by atoms with Crippen molar-refractivity contribution in [3.63, 3.8) is 0 Å². The van der Waals surface area contributed by atoms with Gasteiger partial charge in [0.25, 0.3) is 0 Å². The lowest BCUT2D eigenvalue weighted by Gasteiger charge is -2.14. The second-order valence-electron chi connectivity index (χ2n) is 8.14. The molecule has 5 aromatic rings. The van der Waals surface area contributed by atoms with E-state index in [1.807, 2.05) is 24.3 Å². The molecule has 0 spiro atoms. The van der Waals surface area contributed by atoms with Crippen molar-refractivity contribution >= 4 is 21.9 Å². The molecule has 0 N–H and O–H groups in total. The third-order valence-corrected chi connectivity index (χ3v) is 6.02. The van der Waals surface area contributed by atoms with Gasteiger partial charge < -0.3 is 0 Å². The maximum absolute atomic E-state index is 14.1. The number of imidazole rings is 1. The Morgan fingerprint density at radius 1 is 1.11 bits per heavy atom. The zero-order chi connectivity index (χ0) is 24.9. The Morgan fingerprint density at radius 3 is 2.63 bits per heavy atom. The molecule has 1 aromatic carbocycles. The largest absolute Gasteiger partial charge is 0.333 e. The number of aryl methyl sites for hydroxylation is 2. The number of fused-ring (bicyclic) bond motifs is 3. The Balaban J connectivity index is 1.81. The van der Waals surface area contributed by atoms with E-state index in [0.29, 0.717) is 39.3 Å². The van der Waals surface area contributed by atoms with Crippen LogP contribution < -0.4 is 5.69 Å². The van der Waals surface area contributed by atoms with Crippen LogP contribution in [0.5, 0.6) is 0 Å². The summed E-state index contributed by atoms with van der Waals surface area (Å²) in [5.74, 6) is -0.698. The lowest BCUT2D eigenvalue weighted by Crippen LogP contribution is -2.22. The summed E-state index contributed by atoms with van der Waals surface area (Å²) in [6.07, 6.45) is 11.0. The van der Waals surface area contributed by atoms with Crippen LogP contribution in [-0.2, 0) is 13.0 Å². The molecule has 4 aromatic heterocycles. The van der Waals surface area contributed by atoms with Crippen LogP contribution in [0.4, 0.5) is 8.78 Å². The molecule has 4 heterocycles. The fourth-order valence-corrected chi connectivity index (χ4v) is 4.16. The molecule has 5 rings (SSSR count). The second-order valence-corrected chi connectivity index (χ2v) is 8.14. The van der Waals surface area contributed by atoms with Crippen molar-refractivity contribution in [2.45, 2.75) is 12.8 Å². The van der Waals surface area contributed by atoms with Gasteiger partial charge in [-0.05, 0) is 48.9 Å². The summed E-state index contributed by atoms with van der Waals surface area (Å²) in [6.45, 7) is 4.78. The molecule has 0 amide bonds. The predicted octanol–water partition coefficient (Wildman–Crippen LogP) is 4.90. The minimum absolute atomic E-state index is 0.283. The highest BCUT2D eigenvalue weighted by Crippen LogP contribution is 2.32. The predicted molar refractivity (Wildman–Crippen MR) is 132 cm³/mol. The summed E-state index contributed by atoms with van der Waals surface area (Å²) < 4.78 is 31.2. The van der Waals surface area contributed by atoms with E-state index in [1.165, 1.54) is 21.3 Å². The smallest absolute Gasteiger partial charge is 0.293 e. The summed E-state index contributed by atoms with van der Waals surface area (Å²) >= 11 is 0. The second kappa shape index (κ2) is 7.99. The first-order chi connectivity index (χ1) is 16.7. The van der Waals surface area contributed by atoms with Crippen molar-refractivity contribution in [1.29, 1.82) is 0 Å². The summed E-state index contributed by atoms with van der Waals surface area (Å²) in [5, 5.41) is 0.712. The third kappa shape index (κ3) is 3.49. The number of halogens is 2. The first-order valence-corrected chi connectivity index (χ1v) is 10.7. The van der Waals surface area contributed by atoms with Crippen LogP contribution >= 0.6 is 0 Å². The highest BCUT2D eigenvalue weighted by molar-refractivity contribution is 6.04. The Hall–Kier alpha value is -4.64. The SMILES string of the molecule is C#Cc1cncc(-c2ccc3ncc4c(c3c2)n(-c2ccc(C(F)(F)C=C)nc2C)c(=O)n4C)c1. The molecule has 8 heteroatoms. The highest BCUT2D eigenvalue weighted by Gasteiger charge is 2.30. The van der Waals surface area contributed by atoms with Gasteiger partial charge in [-0.2, -0.15) is 8.78 Å². The Kier molecular flexibility index (Phi) is 5.06. The van der Waals surface area contributed by atoms with Crippen LogP contribution in [0.1, 0.15) is 17.0 Å². The van der Waals surface area contributed by atoms with Gasteiger partial charge in [0.2, 0.25) is 0 Å². The van der Waals surface area contributed by atoms with E-state index in [1.54, 1.807) is 32.6 Å². The van der Waals surface area contributed by atoms with Gasteiger partial charge in [-0.3, -0.25) is 19.1 Å². The zero-order valence-electron chi connectivity index (χ0n) is 19.0. The minimum atomic E-state index is -3.28. The van der Waals surface area contributed by atoms with E-state index in [4.69, 9.17) is 6.42 Å². The molecule has 0 radical (unpaired) electrons. The molecule has 0 aliphatic heterocycles. The molecule has 0 fully saturated rings. The number of benzene rings is 1. The van der Waals surface area contributed by atoms with Gasteiger partial charge in [0, 0.05) is 36.0 Å². The van der Waals surface area contributed by atoms with Crippen molar-refractivity contribution in [2.75, 3.05) is 0 Å². The molecule has 0 bridgehead atoms. The van der Waals surface area contributed by atoms with Gasteiger partial charge in [0.1, 0.15) is 5.69 Å². The number of allylic oxidation sites excluding steroid dienone is 1. The normalized spacial score (nSPS) is 11.6. The summed E-state index contributed by atoms with van der Waals surface area (Å²) in [5.41, 5.74) is 4.07. The molecule has 0 atom stereocenters. The van der Waals surface area contributed by atoms with Gasteiger partial charge in [-0.1, -0.05) is 18.6 Å². The van der Waals surface area contributed by atoms with Crippen LogP contribution in [0.2, 0.25) is 0 Å². The van der Waals surface area contributed by atoms with Gasteiger partial charge in [0.15, 0.2) is 0 Å². The van der Waals surface area contributed by atoms with E-state index in [0.717, 1.165) is 11.1 Å². The highest BCUT2D eigenvalue weighted by atomic mass is 19.3. The molecule has 0 aliphatic rings. The summed E-state index contributed by atoms with van der Waals surface area (Å²) in [7, 11) is 1.64. The molecule has 0 saturated carbocycles. The first-order valence-electron chi connectivity index (χ1n) is 10.7. The van der Waals surface area contributed by atoms with Crippen molar-refractivity contribution in [2.24, 2.45) is 7.05 Å². The van der Waals surface area contributed by atoms with Crippen molar-refractivity contribution in [3.05, 3.63) is 95.1 Å². The fourth-order valence-electron chi connectivity index (χ4n) is 4.16. The fraction of sp³-hybridized carbons (Fsp3) is 0.111. The average molecular weight is 467 g/mol. The van der Waals surface area contributed by atoms with Crippen molar-refractivity contribution in [1.82, 2.24) is 24.1 Å². The minimum Gasteiger partial charge on any atom is -0.293 e. The third-order valence-electron chi connectivity index (χ3n) is 6.02. The average Bonchev–Trinajstić information content (AvgIpc) is 3.13. The Labute approximate surface area is 199 Å². The van der Waals surface area contributed by atoms with E-state index >= 15 is 0 Å². The number of hydrogen-bond acceptors (Lipinski definition) is 4. The van der Waals surface area contributed by atoms with E-state index in [-0.39, 0.29) is 11.4 Å².